The van der Waals surface area contributed by atoms with E-state index in [1.54, 1.807) is 6.07 Å². The van der Waals surface area contributed by atoms with E-state index in [-0.39, 0.29) is 17.0 Å². The minimum absolute atomic E-state index is 0.0713. The standard InChI is InChI=1S/C25H23F3N4O3/c1-4-9-32-15(2)11-17(16(32)3)12-18(14-29)23(33)31-21-8-7-19(13-20(21)25(26,27)28)30-24(34)22-6-5-10-35-22/h5-8,10-13H,4,9H2,1-3H3,(H,30,34)(H,31,33)/b18-12-. The summed E-state index contributed by atoms with van der Waals surface area (Å²) in [6.45, 7) is 6.53. The Morgan fingerprint density at radius 1 is 1.17 bits per heavy atom. The molecule has 0 spiro atoms. The van der Waals surface area contributed by atoms with Crippen LogP contribution in [0, 0.1) is 25.2 Å². The van der Waals surface area contributed by atoms with E-state index in [9.17, 15) is 28.0 Å². The zero-order valence-corrected chi connectivity index (χ0v) is 19.3. The molecular weight excluding hydrogens is 461 g/mol. The topological polar surface area (TPSA) is 100 Å². The molecule has 1 aromatic carbocycles. The van der Waals surface area contributed by atoms with E-state index in [2.05, 4.69) is 10.6 Å². The highest BCUT2D eigenvalue weighted by molar-refractivity contribution is 6.10. The highest BCUT2D eigenvalue weighted by Crippen LogP contribution is 2.37. The van der Waals surface area contributed by atoms with E-state index in [1.165, 1.54) is 30.5 Å². The molecular formula is C25H23F3N4O3. The summed E-state index contributed by atoms with van der Waals surface area (Å²) in [5.74, 6) is -1.78. The molecule has 0 aliphatic heterocycles. The number of hydrogen-bond donors (Lipinski definition) is 2. The van der Waals surface area contributed by atoms with Crippen LogP contribution < -0.4 is 10.6 Å². The molecule has 0 aliphatic carbocycles. The number of carbonyl (C=O) groups excluding carboxylic acids is 2. The molecule has 0 fully saturated rings. The van der Waals surface area contributed by atoms with Crippen LogP contribution in [0.5, 0.6) is 0 Å². The van der Waals surface area contributed by atoms with Gasteiger partial charge >= 0.3 is 6.18 Å². The van der Waals surface area contributed by atoms with E-state index >= 15 is 0 Å². The predicted octanol–water partition coefficient (Wildman–Crippen LogP) is 5.92. The quantitative estimate of drug-likeness (QED) is 0.321. The van der Waals surface area contributed by atoms with Gasteiger partial charge in [0.15, 0.2) is 5.76 Å². The highest BCUT2D eigenvalue weighted by atomic mass is 19.4. The lowest BCUT2D eigenvalue weighted by Gasteiger charge is -2.15. The van der Waals surface area contributed by atoms with Crippen LogP contribution >= 0.6 is 0 Å². The van der Waals surface area contributed by atoms with E-state index in [1.807, 2.05) is 31.4 Å². The van der Waals surface area contributed by atoms with Gasteiger partial charge in [0.1, 0.15) is 11.6 Å². The molecule has 3 aromatic rings. The summed E-state index contributed by atoms with van der Waals surface area (Å²) >= 11 is 0. The third-order valence-electron chi connectivity index (χ3n) is 5.30. The Hall–Kier alpha value is -4.26. The van der Waals surface area contributed by atoms with Crippen molar-refractivity contribution in [3.63, 3.8) is 0 Å². The molecule has 0 unspecified atom stereocenters. The maximum atomic E-state index is 13.7. The summed E-state index contributed by atoms with van der Waals surface area (Å²) in [5, 5.41) is 14.0. The van der Waals surface area contributed by atoms with E-state index in [0.29, 0.717) is 11.6 Å². The largest absolute Gasteiger partial charge is 0.459 e. The molecule has 3 rings (SSSR count). The first kappa shape index (κ1) is 25.4. The predicted molar refractivity (Wildman–Crippen MR) is 125 cm³/mol. The van der Waals surface area contributed by atoms with Crippen molar-refractivity contribution in [2.24, 2.45) is 0 Å². The summed E-state index contributed by atoms with van der Waals surface area (Å²) in [7, 11) is 0. The fourth-order valence-corrected chi connectivity index (χ4v) is 3.60. The number of hydrogen-bond acceptors (Lipinski definition) is 4. The van der Waals surface area contributed by atoms with Gasteiger partial charge < -0.3 is 19.6 Å². The Morgan fingerprint density at radius 3 is 2.51 bits per heavy atom. The molecule has 0 saturated carbocycles. The molecule has 35 heavy (non-hydrogen) atoms. The van der Waals surface area contributed by atoms with Crippen LogP contribution in [0.25, 0.3) is 6.08 Å². The number of benzene rings is 1. The second kappa shape index (κ2) is 10.3. The van der Waals surface area contributed by atoms with Crippen molar-refractivity contribution in [2.45, 2.75) is 39.9 Å². The van der Waals surface area contributed by atoms with Crippen LogP contribution in [0.15, 0.2) is 52.7 Å². The van der Waals surface area contributed by atoms with Crippen LogP contribution in [-0.4, -0.2) is 16.4 Å². The fourth-order valence-electron chi connectivity index (χ4n) is 3.60. The van der Waals surface area contributed by atoms with Crippen LogP contribution in [0.1, 0.15) is 46.4 Å². The minimum Gasteiger partial charge on any atom is -0.459 e. The van der Waals surface area contributed by atoms with Crippen molar-refractivity contribution < 1.29 is 27.2 Å². The summed E-state index contributed by atoms with van der Waals surface area (Å²) in [5.41, 5.74) is 0.214. The van der Waals surface area contributed by atoms with Crippen molar-refractivity contribution in [3.05, 3.63) is 76.5 Å². The van der Waals surface area contributed by atoms with Crippen LogP contribution in [0.4, 0.5) is 24.5 Å². The van der Waals surface area contributed by atoms with E-state index in [0.717, 1.165) is 30.4 Å². The molecule has 7 nitrogen and oxygen atoms in total. The summed E-state index contributed by atoms with van der Waals surface area (Å²) in [6.07, 6.45) is -1.33. The number of alkyl halides is 3. The maximum Gasteiger partial charge on any atom is 0.418 e. The highest BCUT2D eigenvalue weighted by Gasteiger charge is 2.34. The van der Waals surface area contributed by atoms with Gasteiger partial charge in [-0.05, 0) is 68.3 Å². The van der Waals surface area contributed by atoms with E-state index in [4.69, 9.17) is 4.42 Å². The Balaban J connectivity index is 1.88. The SMILES string of the molecule is CCCn1c(C)cc(/C=C(/C#N)C(=O)Nc2ccc(NC(=O)c3ccco3)cc2C(F)(F)F)c1C. The van der Waals surface area contributed by atoms with Gasteiger partial charge in [0.2, 0.25) is 0 Å². The Labute approximate surface area is 199 Å². The van der Waals surface area contributed by atoms with Gasteiger partial charge in [-0.3, -0.25) is 9.59 Å². The summed E-state index contributed by atoms with van der Waals surface area (Å²) in [4.78, 5) is 24.8. The molecule has 0 bridgehead atoms. The third-order valence-corrected chi connectivity index (χ3v) is 5.30. The first-order valence-electron chi connectivity index (χ1n) is 10.7. The first-order chi connectivity index (χ1) is 16.5. The third kappa shape index (κ3) is 5.81. The van der Waals surface area contributed by atoms with Crippen LogP contribution in [0.2, 0.25) is 0 Å². The maximum absolute atomic E-state index is 13.7. The first-order valence-corrected chi connectivity index (χ1v) is 10.7. The Bertz CT molecular complexity index is 1310. The van der Waals surface area contributed by atoms with Crippen LogP contribution in [0.3, 0.4) is 0 Å². The molecule has 2 heterocycles. The Morgan fingerprint density at radius 2 is 1.91 bits per heavy atom. The Kier molecular flexibility index (Phi) is 7.49. The molecule has 2 aromatic heterocycles. The lowest BCUT2D eigenvalue weighted by Crippen LogP contribution is -2.18. The van der Waals surface area contributed by atoms with Crippen LogP contribution in [-0.2, 0) is 17.5 Å². The zero-order valence-electron chi connectivity index (χ0n) is 19.3. The number of aryl methyl sites for hydroxylation is 1. The van der Waals surface area contributed by atoms with Gasteiger partial charge in [0, 0.05) is 23.6 Å². The number of amides is 2. The summed E-state index contributed by atoms with van der Waals surface area (Å²) < 4.78 is 48.1. The normalized spacial score (nSPS) is 11.7. The molecule has 0 aliphatic rings. The number of aromatic nitrogens is 1. The molecule has 0 atom stereocenters. The average molecular weight is 484 g/mol. The van der Waals surface area contributed by atoms with E-state index < -0.39 is 29.2 Å². The van der Waals surface area contributed by atoms with Crippen molar-refractivity contribution in [1.29, 1.82) is 5.26 Å². The smallest absolute Gasteiger partial charge is 0.418 e. The average Bonchev–Trinajstić information content (AvgIpc) is 3.42. The van der Waals surface area contributed by atoms with Gasteiger partial charge in [-0.1, -0.05) is 6.92 Å². The second-order valence-electron chi connectivity index (χ2n) is 7.79. The lowest BCUT2D eigenvalue weighted by molar-refractivity contribution is -0.136. The number of anilines is 2. The molecule has 182 valence electrons. The molecule has 10 heteroatoms. The van der Waals surface area contributed by atoms with Gasteiger partial charge in [-0.25, -0.2) is 0 Å². The number of nitriles is 1. The number of nitrogens with zero attached hydrogens (tertiary/aromatic N) is 2. The van der Waals surface area contributed by atoms with Gasteiger partial charge in [0.05, 0.1) is 17.5 Å². The monoisotopic (exact) mass is 484 g/mol. The molecule has 2 amide bonds. The van der Waals surface area contributed by atoms with Gasteiger partial charge in [-0.2, -0.15) is 18.4 Å². The minimum atomic E-state index is -4.84. The van der Waals surface area contributed by atoms with Crippen molar-refractivity contribution in [1.82, 2.24) is 4.57 Å². The van der Waals surface area contributed by atoms with Crippen molar-refractivity contribution >= 4 is 29.3 Å². The van der Waals surface area contributed by atoms with Crippen molar-refractivity contribution in [2.75, 3.05) is 10.6 Å². The lowest BCUT2D eigenvalue weighted by atomic mass is 10.1. The number of rotatable bonds is 7. The number of carbonyl (C=O) groups is 2. The van der Waals surface area contributed by atoms with Gasteiger partial charge in [0.25, 0.3) is 11.8 Å². The second-order valence-corrected chi connectivity index (χ2v) is 7.79. The number of halogens is 3. The fraction of sp³-hybridized carbons (Fsp3) is 0.240. The van der Waals surface area contributed by atoms with Crippen molar-refractivity contribution in [3.8, 4) is 6.07 Å². The number of furan rings is 1. The summed E-state index contributed by atoms with van der Waals surface area (Å²) in [6, 6.07) is 9.33. The molecule has 0 saturated heterocycles. The molecule has 2 N–H and O–H groups in total. The number of nitrogens with one attached hydrogen (secondary N) is 2. The van der Waals surface area contributed by atoms with Gasteiger partial charge in [-0.15, -0.1) is 0 Å². The zero-order chi connectivity index (χ0) is 25.8. The molecule has 0 radical (unpaired) electrons.